The highest BCUT2D eigenvalue weighted by Crippen LogP contribution is 2.39. The second-order valence-electron chi connectivity index (χ2n) is 13.4. The number of hydrogen-bond donors (Lipinski definition) is 0. The Balaban J connectivity index is 1.18. The Morgan fingerprint density at radius 3 is 1.48 bits per heavy atom. The van der Waals surface area contributed by atoms with Gasteiger partial charge in [0, 0.05) is 27.5 Å². The molecule has 0 radical (unpaired) electrons. The number of benzene rings is 7. The smallest absolute Gasteiger partial charge is 0.179 e. The number of nitrogens with zero attached hydrogens (tertiary/aromatic N) is 4. The highest BCUT2D eigenvalue weighted by Gasteiger charge is 2.17. The Bertz CT molecular complexity index is 2960. The van der Waals surface area contributed by atoms with Crippen LogP contribution in [0.15, 0.2) is 194 Å². The molecule has 4 heteroatoms. The van der Waals surface area contributed by atoms with Crippen LogP contribution in [0.3, 0.4) is 0 Å². The van der Waals surface area contributed by atoms with Crippen molar-refractivity contribution in [1.82, 2.24) is 19.9 Å². The molecule has 54 heavy (non-hydrogen) atoms. The molecule has 252 valence electrons. The van der Waals surface area contributed by atoms with Gasteiger partial charge in [-0.3, -0.25) is 0 Å². The van der Waals surface area contributed by atoms with E-state index >= 15 is 0 Å². The second-order valence-corrected chi connectivity index (χ2v) is 13.4. The summed E-state index contributed by atoms with van der Waals surface area (Å²) in [6.07, 6.45) is 0. The molecule has 0 aliphatic heterocycles. The van der Waals surface area contributed by atoms with Crippen LogP contribution in [0.25, 0.3) is 100 Å². The van der Waals surface area contributed by atoms with E-state index in [1.165, 1.54) is 16.3 Å². The molecule has 0 saturated heterocycles. The minimum atomic E-state index is 0.561. The summed E-state index contributed by atoms with van der Waals surface area (Å²) in [5, 5.41) is 4.44. The van der Waals surface area contributed by atoms with Gasteiger partial charge < -0.3 is 0 Å². The van der Waals surface area contributed by atoms with Crippen LogP contribution >= 0.6 is 0 Å². The Kier molecular flexibility index (Phi) is 7.77. The highest BCUT2D eigenvalue weighted by molar-refractivity contribution is 6.12. The fourth-order valence-corrected chi connectivity index (χ4v) is 7.37. The van der Waals surface area contributed by atoms with Gasteiger partial charge in [0.15, 0.2) is 5.82 Å². The Hall–Kier alpha value is -7.30. The maximum absolute atomic E-state index is 5.34. The van der Waals surface area contributed by atoms with Gasteiger partial charge in [-0.2, -0.15) is 0 Å². The summed E-state index contributed by atoms with van der Waals surface area (Å²) in [5.74, 6) is 0.561. The lowest BCUT2D eigenvalue weighted by Gasteiger charge is -2.14. The first-order chi connectivity index (χ1) is 26.7. The van der Waals surface area contributed by atoms with Crippen molar-refractivity contribution < 1.29 is 0 Å². The van der Waals surface area contributed by atoms with Gasteiger partial charge in [-0.15, -0.1) is 0 Å². The minimum Gasteiger partial charge on any atom is -0.245 e. The number of fused-ring (bicyclic) bond motifs is 4. The van der Waals surface area contributed by atoms with Crippen molar-refractivity contribution >= 4 is 32.6 Å². The van der Waals surface area contributed by atoms with Gasteiger partial charge >= 0.3 is 0 Å². The van der Waals surface area contributed by atoms with Gasteiger partial charge in [-0.1, -0.05) is 176 Å². The summed E-state index contributed by atoms with van der Waals surface area (Å²) < 4.78 is 0. The lowest BCUT2D eigenvalue weighted by molar-refractivity contribution is 1.16. The third-order valence-electron chi connectivity index (χ3n) is 10.1. The summed E-state index contributed by atoms with van der Waals surface area (Å²) in [7, 11) is 0. The van der Waals surface area contributed by atoms with Gasteiger partial charge in [-0.25, -0.2) is 19.9 Å². The van der Waals surface area contributed by atoms with Gasteiger partial charge in [-0.05, 0) is 51.2 Å². The lowest BCUT2D eigenvalue weighted by Crippen LogP contribution is -1.98. The van der Waals surface area contributed by atoms with Gasteiger partial charge in [0.2, 0.25) is 0 Å². The molecule has 4 nitrogen and oxygen atoms in total. The van der Waals surface area contributed by atoms with Gasteiger partial charge in [0.05, 0.1) is 28.1 Å². The summed E-state index contributed by atoms with van der Waals surface area (Å²) >= 11 is 0. The van der Waals surface area contributed by atoms with E-state index in [0.29, 0.717) is 11.5 Å². The Morgan fingerprint density at radius 2 is 0.778 bits per heavy atom. The molecule has 0 aliphatic rings. The maximum atomic E-state index is 5.34. The quantitative estimate of drug-likeness (QED) is 0.163. The molecule has 0 amide bonds. The van der Waals surface area contributed by atoms with Crippen LogP contribution in [0.1, 0.15) is 0 Å². The van der Waals surface area contributed by atoms with Crippen molar-refractivity contribution in [3.8, 4) is 67.5 Å². The van der Waals surface area contributed by atoms with Crippen LogP contribution < -0.4 is 0 Å². The monoisotopic (exact) mass is 688 g/mol. The first-order valence-corrected chi connectivity index (χ1v) is 18.1. The Morgan fingerprint density at radius 1 is 0.259 bits per heavy atom. The van der Waals surface area contributed by atoms with E-state index in [2.05, 4.69) is 158 Å². The van der Waals surface area contributed by atoms with Crippen LogP contribution in [0.5, 0.6) is 0 Å². The molecule has 7 aromatic carbocycles. The SMILES string of the molecule is c1ccc(-c2ccc(-c3cc(-c4ccccc4)nc(-c4ccc5ccc6c(-c7cccc8ccccc78)cc(-c7ccccc7)nc6c5n4)n3)cc2)cc1. The molecule has 0 atom stereocenters. The summed E-state index contributed by atoms with van der Waals surface area (Å²) in [4.78, 5) is 21.0. The molecule has 0 spiro atoms. The van der Waals surface area contributed by atoms with E-state index in [1.54, 1.807) is 0 Å². The highest BCUT2D eigenvalue weighted by atomic mass is 14.9. The van der Waals surface area contributed by atoms with Gasteiger partial charge in [0.1, 0.15) is 5.69 Å². The molecule has 0 unspecified atom stereocenters. The standard InChI is InChI=1S/C50H32N4/c1-4-13-33(14-5-1)34-23-25-38(26-24-34)47-32-46(37-18-8-3-9-19-37)53-50(54-47)44-30-28-39-27-29-42-43(41-22-12-20-35-15-10-11-21-40(35)41)31-45(36-16-6-2-7-17-36)52-49(42)48(39)51-44/h1-32H. The zero-order chi connectivity index (χ0) is 35.8. The van der Waals surface area contributed by atoms with Crippen molar-refractivity contribution in [3.05, 3.63) is 194 Å². The number of rotatable bonds is 6. The van der Waals surface area contributed by atoms with E-state index in [-0.39, 0.29) is 0 Å². The maximum Gasteiger partial charge on any atom is 0.179 e. The predicted octanol–water partition coefficient (Wildman–Crippen LogP) is 12.7. The van der Waals surface area contributed by atoms with Crippen molar-refractivity contribution in [3.63, 3.8) is 0 Å². The first kappa shape index (κ1) is 31.4. The van der Waals surface area contributed by atoms with Crippen LogP contribution in [0, 0.1) is 0 Å². The predicted molar refractivity (Wildman–Crippen MR) is 223 cm³/mol. The topological polar surface area (TPSA) is 51.6 Å². The molecular weight excluding hydrogens is 657 g/mol. The van der Waals surface area contributed by atoms with Crippen LogP contribution in [0.4, 0.5) is 0 Å². The zero-order valence-corrected chi connectivity index (χ0v) is 29.3. The van der Waals surface area contributed by atoms with Crippen molar-refractivity contribution in [2.75, 3.05) is 0 Å². The van der Waals surface area contributed by atoms with E-state index < -0.39 is 0 Å². The number of pyridine rings is 2. The third kappa shape index (κ3) is 5.76. The van der Waals surface area contributed by atoms with Crippen molar-refractivity contribution in [2.45, 2.75) is 0 Å². The fourth-order valence-electron chi connectivity index (χ4n) is 7.37. The van der Waals surface area contributed by atoms with E-state index in [0.717, 1.165) is 72.3 Å². The van der Waals surface area contributed by atoms with Crippen molar-refractivity contribution in [2.24, 2.45) is 0 Å². The average molecular weight is 689 g/mol. The number of aromatic nitrogens is 4. The summed E-state index contributed by atoms with van der Waals surface area (Å²) in [6.45, 7) is 0. The van der Waals surface area contributed by atoms with Crippen LogP contribution in [0.2, 0.25) is 0 Å². The molecule has 0 saturated carbocycles. The molecule has 3 heterocycles. The summed E-state index contributed by atoms with van der Waals surface area (Å²) in [6, 6.07) is 67.4. The van der Waals surface area contributed by atoms with Crippen molar-refractivity contribution in [1.29, 1.82) is 0 Å². The fraction of sp³-hybridized carbons (Fsp3) is 0. The molecule has 10 rings (SSSR count). The van der Waals surface area contributed by atoms with E-state index in [1.807, 2.05) is 36.4 Å². The third-order valence-corrected chi connectivity index (χ3v) is 10.1. The molecular formula is C50H32N4. The lowest BCUT2D eigenvalue weighted by atomic mass is 9.93. The molecule has 0 aliphatic carbocycles. The first-order valence-electron chi connectivity index (χ1n) is 18.1. The Labute approximate surface area is 313 Å². The summed E-state index contributed by atoms with van der Waals surface area (Å²) in [5.41, 5.74) is 12.6. The van der Waals surface area contributed by atoms with E-state index in [9.17, 15) is 0 Å². The number of hydrogen-bond acceptors (Lipinski definition) is 4. The minimum absolute atomic E-state index is 0.561. The molecule has 10 aromatic rings. The average Bonchev–Trinajstić information content (AvgIpc) is 3.26. The largest absolute Gasteiger partial charge is 0.245 e. The van der Waals surface area contributed by atoms with Crippen LogP contribution in [-0.4, -0.2) is 19.9 Å². The van der Waals surface area contributed by atoms with E-state index in [4.69, 9.17) is 19.9 Å². The second kappa shape index (κ2) is 13.4. The molecule has 0 bridgehead atoms. The molecule has 3 aromatic heterocycles. The van der Waals surface area contributed by atoms with Crippen LogP contribution in [-0.2, 0) is 0 Å². The molecule has 0 fully saturated rings. The zero-order valence-electron chi connectivity index (χ0n) is 29.3. The van der Waals surface area contributed by atoms with Gasteiger partial charge in [0.25, 0.3) is 0 Å². The molecule has 0 N–H and O–H groups in total. The normalized spacial score (nSPS) is 11.3.